The van der Waals surface area contributed by atoms with Crippen molar-refractivity contribution >= 4 is 17.3 Å². The van der Waals surface area contributed by atoms with Crippen LogP contribution >= 0.6 is 0 Å². The van der Waals surface area contributed by atoms with Gasteiger partial charge in [0.2, 0.25) is 5.91 Å². The summed E-state index contributed by atoms with van der Waals surface area (Å²) in [5.74, 6) is 1.35. The quantitative estimate of drug-likeness (QED) is 0.801. The van der Waals surface area contributed by atoms with Crippen LogP contribution in [0.2, 0.25) is 0 Å². The maximum absolute atomic E-state index is 11.8. The molecular formula is C16H18N2O3. The summed E-state index contributed by atoms with van der Waals surface area (Å²) in [6.07, 6.45) is 0.265. The Bertz CT molecular complexity index is 597. The molecule has 0 atom stereocenters. The first-order valence-corrected chi connectivity index (χ1v) is 6.59. The number of methoxy groups -OCH3 is 1. The predicted molar refractivity (Wildman–Crippen MR) is 82.6 cm³/mol. The Morgan fingerprint density at radius 3 is 2.52 bits per heavy atom. The van der Waals surface area contributed by atoms with E-state index >= 15 is 0 Å². The Morgan fingerprint density at radius 2 is 1.86 bits per heavy atom. The van der Waals surface area contributed by atoms with Gasteiger partial charge < -0.3 is 20.5 Å². The van der Waals surface area contributed by atoms with Crippen LogP contribution in [0, 0.1) is 0 Å². The van der Waals surface area contributed by atoms with Crippen molar-refractivity contribution in [3.05, 3.63) is 48.5 Å². The second-order valence-electron chi connectivity index (χ2n) is 4.45. The number of nitrogens with one attached hydrogen (secondary N) is 1. The molecule has 3 N–H and O–H groups in total. The van der Waals surface area contributed by atoms with E-state index in [0.717, 1.165) is 5.75 Å². The fraction of sp³-hybridized carbons (Fsp3) is 0.188. The van der Waals surface area contributed by atoms with Gasteiger partial charge in [0.15, 0.2) is 0 Å². The predicted octanol–water partition coefficient (Wildman–Crippen LogP) is 2.69. The molecule has 2 rings (SSSR count). The summed E-state index contributed by atoms with van der Waals surface area (Å²) in [7, 11) is 1.61. The van der Waals surface area contributed by atoms with Gasteiger partial charge in [0, 0.05) is 11.4 Å². The van der Waals surface area contributed by atoms with E-state index in [1.54, 1.807) is 43.5 Å². The van der Waals surface area contributed by atoms with Crippen molar-refractivity contribution in [2.75, 3.05) is 24.8 Å². The third-order valence-electron chi connectivity index (χ3n) is 2.83. The van der Waals surface area contributed by atoms with E-state index in [-0.39, 0.29) is 12.3 Å². The molecule has 1 amide bonds. The number of amides is 1. The number of carbonyl (C=O) groups is 1. The van der Waals surface area contributed by atoms with Gasteiger partial charge >= 0.3 is 0 Å². The van der Waals surface area contributed by atoms with E-state index in [9.17, 15) is 4.79 Å². The minimum absolute atomic E-state index is 0.117. The zero-order valence-electron chi connectivity index (χ0n) is 11.8. The van der Waals surface area contributed by atoms with Crippen molar-refractivity contribution in [3.8, 4) is 11.5 Å². The highest BCUT2D eigenvalue weighted by molar-refractivity contribution is 5.91. The van der Waals surface area contributed by atoms with Crippen molar-refractivity contribution in [2.24, 2.45) is 0 Å². The molecule has 2 aromatic rings. The second-order valence-corrected chi connectivity index (χ2v) is 4.45. The summed E-state index contributed by atoms with van der Waals surface area (Å²) in [5.41, 5.74) is 6.95. The average molecular weight is 286 g/mol. The highest BCUT2D eigenvalue weighted by Crippen LogP contribution is 2.17. The summed E-state index contributed by atoms with van der Waals surface area (Å²) < 4.78 is 10.6. The smallest absolute Gasteiger partial charge is 0.227 e. The molecule has 0 aliphatic rings. The van der Waals surface area contributed by atoms with Crippen molar-refractivity contribution in [1.82, 2.24) is 0 Å². The minimum Gasteiger partial charge on any atom is -0.497 e. The number of nitrogen functional groups attached to an aromatic ring is 1. The number of benzene rings is 2. The van der Waals surface area contributed by atoms with Crippen LogP contribution < -0.4 is 20.5 Å². The van der Waals surface area contributed by atoms with Crippen LogP contribution in [0.15, 0.2) is 48.5 Å². The molecule has 5 nitrogen and oxygen atoms in total. The minimum atomic E-state index is -0.117. The second kappa shape index (κ2) is 7.19. The van der Waals surface area contributed by atoms with Gasteiger partial charge in [-0.05, 0) is 42.5 Å². The van der Waals surface area contributed by atoms with Gasteiger partial charge in [-0.3, -0.25) is 4.79 Å². The summed E-state index contributed by atoms with van der Waals surface area (Å²) in [5, 5.41) is 2.77. The van der Waals surface area contributed by atoms with Gasteiger partial charge in [-0.2, -0.15) is 0 Å². The number of anilines is 2. The topological polar surface area (TPSA) is 73.6 Å². The van der Waals surface area contributed by atoms with Crippen molar-refractivity contribution < 1.29 is 14.3 Å². The van der Waals surface area contributed by atoms with E-state index in [2.05, 4.69) is 5.32 Å². The maximum atomic E-state index is 11.8. The lowest BCUT2D eigenvalue weighted by Gasteiger charge is -2.08. The van der Waals surface area contributed by atoms with Gasteiger partial charge in [0.25, 0.3) is 0 Å². The van der Waals surface area contributed by atoms with E-state index < -0.39 is 0 Å². The standard InChI is InChI=1S/C16H18N2O3/c1-20-14-5-7-15(8-6-14)21-10-9-16(19)18-13-4-2-3-12(17)11-13/h2-8,11H,9-10,17H2,1H3,(H,18,19). The van der Waals surface area contributed by atoms with Crippen molar-refractivity contribution in [2.45, 2.75) is 6.42 Å². The first kappa shape index (κ1) is 14.7. The zero-order valence-corrected chi connectivity index (χ0v) is 11.8. The Kier molecular flexibility index (Phi) is 5.04. The van der Waals surface area contributed by atoms with E-state index in [1.165, 1.54) is 0 Å². The Balaban J connectivity index is 1.76. The Morgan fingerprint density at radius 1 is 1.14 bits per heavy atom. The SMILES string of the molecule is COc1ccc(OCCC(=O)Nc2cccc(N)c2)cc1. The van der Waals surface area contributed by atoms with Crippen LogP contribution in [0.4, 0.5) is 11.4 Å². The number of ether oxygens (including phenoxy) is 2. The van der Waals surface area contributed by atoms with Crippen molar-refractivity contribution in [1.29, 1.82) is 0 Å². The summed E-state index contributed by atoms with van der Waals surface area (Å²) in [6.45, 7) is 0.306. The zero-order chi connectivity index (χ0) is 15.1. The third kappa shape index (κ3) is 4.72. The van der Waals surface area contributed by atoms with Crippen LogP contribution in [0.3, 0.4) is 0 Å². The van der Waals surface area contributed by atoms with Gasteiger partial charge in [-0.25, -0.2) is 0 Å². The van der Waals surface area contributed by atoms with Gasteiger partial charge in [-0.1, -0.05) is 6.07 Å². The van der Waals surface area contributed by atoms with Crippen molar-refractivity contribution in [3.63, 3.8) is 0 Å². The molecule has 0 fully saturated rings. The molecular weight excluding hydrogens is 268 g/mol. The maximum Gasteiger partial charge on any atom is 0.227 e. The lowest BCUT2D eigenvalue weighted by Crippen LogP contribution is -2.15. The molecule has 21 heavy (non-hydrogen) atoms. The molecule has 0 radical (unpaired) electrons. The average Bonchev–Trinajstić information content (AvgIpc) is 2.48. The molecule has 5 heteroatoms. The van der Waals surface area contributed by atoms with Crippen LogP contribution in [0.5, 0.6) is 11.5 Å². The van der Waals surface area contributed by atoms with E-state index in [1.807, 2.05) is 12.1 Å². The monoisotopic (exact) mass is 286 g/mol. The molecule has 0 spiro atoms. The molecule has 0 aromatic heterocycles. The number of hydrogen-bond donors (Lipinski definition) is 2. The van der Waals surface area contributed by atoms with Crippen LogP contribution in [-0.4, -0.2) is 19.6 Å². The number of carbonyl (C=O) groups excluding carboxylic acids is 1. The molecule has 0 saturated carbocycles. The summed E-state index contributed by atoms with van der Waals surface area (Å²) >= 11 is 0. The first-order chi connectivity index (χ1) is 10.2. The van der Waals surface area contributed by atoms with Gasteiger partial charge in [0.1, 0.15) is 11.5 Å². The highest BCUT2D eigenvalue weighted by Gasteiger charge is 2.03. The molecule has 0 unspecified atom stereocenters. The number of nitrogens with two attached hydrogens (primary N) is 1. The number of hydrogen-bond acceptors (Lipinski definition) is 4. The Labute approximate surface area is 123 Å². The van der Waals surface area contributed by atoms with Gasteiger partial charge in [-0.15, -0.1) is 0 Å². The molecule has 0 aliphatic carbocycles. The van der Waals surface area contributed by atoms with E-state index in [0.29, 0.717) is 23.7 Å². The molecule has 2 aromatic carbocycles. The van der Waals surface area contributed by atoms with E-state index in [4.69, 9.17) is 15.2 Å². The molecule has 0 heterocycles. The van der Waals surface area contributed by atoms with Crippen LogP contribution in [-0.2, 0) is 4.79 Å². The van der Waals surface area contributed by atoms with Gasteiger partial charge in [0.05, 0.1) is 20.1 Å². The molecule has 0 bridgehead atoms. The lowest BCUT2D eigenvalue weighted by molar-refractivity contribution is -0.116. The fourth-order valence-electron chi connectivity index (χ4n) is 1.77. The summed E-state index contributed by atoms with van der Waals surface area (Å²) in [6, 6.07) is 14.3. The largest absolute Gasteiger partial charge is 0.497 e. The lowest BCUT2D eigenvalue weighted by atomic mass is 10.2. The van der Waals surface area contributed by atoms with Crippen LogP contribution in [0.1, 0.15) is 6.42 Å². The number of rotatable bonds is 6. The molecule has 110 valence electrons. The molecule has 0 saturated heterocycles. The fourth-order valence-corrected chi connectivity index (χ4v) is 1.77. The van der Waals surface area contributed by atoms with Crippen LogP contribution in [0.25, 0.3) is 0 Å². The normalized spacial score (nSPS) is 9.95. The highest BCUT2D eigenvalue weighted by atomic mass is 16.5. The Hall–Kier alpha value is -2.69. The summed E-state index contributed by atoms with van der Waals surface area (Å²) in [4.78, 5) is 11.8. The third-order valence-corrected chi connectivity index (χ3v) is 2.83. The first-order valence-electron chi connectivity index (χ1n) is 6.59. The molecule has 0 aliphatic heterocycles.